The van der Waals surface area contributed by atoms with Crippen molar-refractivity contribution in [3.63, 3.8) is 0 Å². The number of carbonyl (C=O) groups is 1. The monoisotopic (exact) mass is 414 g/mol. The van der Waals surface area contributed by atoms with Gasteiger partial charge in [-0.1, -0.05) is 29.9 Å². The van der Waals surface area contributed by atoms with Crippen LogP contribution in [-0.4, -0.2) is 27.3 Å². The number of alkyl halides is 2. The van der Waals surface area contributed by atoms with Crippen LogP contribution in [0.4, 0.5) is 13.9 Å². The molecule has 0 saturated heterocycles. The highest BCUT2D eigenvalue weighted by Gasteiger charge is 2.24. The molecule has 0 spiro atoms. The zero-order valence-electron chi connectivity index (χ0n) is 14.8. The number of rotatable bonds is 6. The average molecular weight is 415 g/mol. The molecule has 0 aliphatic heterocycles. The van der Waals surface area contributed by atoms with Crippen LogP contribution in [0.1, 0.15) is 30.8 Å². The zero-order valence-corrected chi connectivity index (χ0v) is 16.4. The van der Waals surface area contributed by atoms with Gasteiger partial charge in [-0.15, -0.1) is 0 Å². The Bertz CT molecular complexity index is 989. The second kappa shape index (κ2) is 7.77. The molecule has 1 N–H and O–H groups in total. The van der Waals surface area contributed by atoms with Crippen molar-refractivity contribution >= 4 is 44.2 Å². The van der Waals surface area contributed by atoms with Crippen molar-refractivity contribution in [3.8, 4) is 5.75 Å². The van der Waals surface area contributed by atoms with Crippen molar-refractivity contribution in [1.82, 2.24) is 14.8 Å². The minimum Gasteiger partial charge on any atom is -0.435 e. The fourth-order valence-electron chi connectivity index (χ4n) is 2.74. The standard InChI is InChI=1S/C17H17ClF2N4O2S/c1-4-12(24-9(3)14(18)8(2)23-24)15(25)22-17-21-11-6-5-10(26-16(19)20)7-13(11)27-17/h5-7,12,16H,4H2,1-3H3,(H,21,22,25). The summed E-state index contributed by atoms with van der Waals surface area (Å²) in [6.45, 7) is 2.57. The number of nitrogens with one attached hydrogen (secondary N) is 1. The number of halogens is 3. The lowest BCUT2D eigenvalue weighted by atomic mass is 10.2. The molecule has 0 aliphatic rings. The van der Waals surface area contributed by atoms with Gasteiger partial charge in [-0.3, -0.25) is 9.48 Å². The van der Waals surface area contributed by atoms with E-state index in [1.54, 1.807) is 24.6 Å². The molecule has 0 bridgehead atoms. The van der Waals surface area contributed by atoms with E-state index in [4.69, 9.17) is 11.6 Å². The average Bonchev–Trinajstić information content (AvgIpc) is 3.10. The number of fused-ring (bicyclic) bond motifs is 1. The van der Waals surface area contributed by atoms with Crippen molar-refractivity contribution in [1.29, 1.82) is 0 Å². The van der Waals surface area contributed by atoms with E-state index in [1.807, 2.05) is 6.92 Å². The molecule has 1 unspecified atom stereocenters. The number of nitrogens with zero attached hydrogens (tertiary/aromatic N) is 3. The first-order chi connectivity index (χ1) is 12.8. The topological polar surface area (TPSA) is 69.0 Å². The van der Waals surface area contributed by atoms with Gasteiger partial charge in [0.05, 0.1) is 26.6 Å². The molecule has 3 aromatic rings. The summed E-state index contributed by atoms with van der Waals surface area (Å²) in [5.41, 5.74) is 1.96. The second-order valence-electron chi connectivity index (χ2n) is 5.87. The minimum atomic E-state index is -2.90. The molecule has 0 aliphatic carbocycles. The summed E-state index contributed by atoms with van der Waals surface area (Å²) < 4.78 is 31.3. The number of thiazole rings is 1. The lowest BCUT2D eigenvalue weighted by Crippen LogP contribution is -2.27. The summed E-state index contributed by atoms with van der Waals surface area (Å²) >= 11 is 7.36. The normalized spacial score (nSPS) is 12.6. The molecular formula is C17H17ClF2N4O2S. The van der Waals surface area contributed by atoms with Crippen LogP contribution in [0.25, 0.3) is 10.2 Å². The Morgan fingerprint density at radius 2 is 2.15 bits per heavy atom. The highest BCUT2D eigenvalue weighted by molar-refractivity contribution is 7.22. The Balaban J connectivity index is 1.82. The van der Waals surface area contributed by atoms with Gasteiger partial charge in [0.1, 0.15) is 11.8 Å². The first-order valence-electron chi connectivity index (χ1n) is 8.17. The number of hydrogen-bond acceptors (Lipinski definition) is 5. The van der Waals surface area contributed by atoms with Gasteiger partial charge in [-0.05, 0) is 38.5 Å². The van der Waals surface area contributed by atoms with Crippen molar-refractivity contribution < 1.29 is 18.3 Å². The Morgan fingerprint density at radius 1 is 1.41 bits per heavy atom. The summed E-state index contributed by atoms with van der Waals surface area (Å²) in [5.74, 6) is -0.231. The highest BCUT2D eigenvalue weighted by Crippen LogP contribution is 2.31. The number of aromatic nitrogens is 3. The summed E-state index contributed by atoms with van der Waals surface area (Å²) in [4.78, 5) is 17.1. The van der Waals surface area contributed by atoms with E-state index < -0.39 is 12.7 Å². The van der Waals surface area contributed by atoms with E-state index in [9.17, 15) is 13.6 Å². The molecule has 0 saturated carbocycles. The van der Waals surface area contributed by atoms with Crippen LogP contribution in [0.2, 0.25) is 5.02 Å². The third kappa shape index (κ3) is 4.03. The summed E-state index contributed by atoms with van der Waals surface area (Å²) in [5, 5.41) is 8.02. The van der Waals surface area contributed by atoms with Gasteiger partial charge in [0, 0.05) is 0 Å². The molecule has 10 heteroatoms. The van der Waals surface area contributed by atoms with E-state index in [-0.39, 0.29) is 11.7 Å². The van der Waals surface area contributed by atoms with E-state index >= 15 is 0 Å². The molecule has 27 heavy (non-hydrogen) atoms. The highest BCUT2D eigenvalue weighted by atomic mass is 35.5. The summed E-state index contributed by atoms with van der Waals surface area (Å²) in [7, 11) is 0. The van der Waals surface area contributed by atoms with Crippen molar-refractivity contribution in [3.05, 3.63) is 34.6 Å². The largest absolute Gasteiger partial charge is 0.435 e. The molecule has 6 nitrogen and oxygen atoms in total. The lowest BCUT2D eigenvalue weighted by Gasteiger charge is -2.16. The Morgan fingerprint density at radius 3 is 2.74 bits per heavy atom. The maximum Gasteiger partial charge on any atom is 0.387 e. The smallest absolute Gasteiger partial charge is 0.387 e. The predicted molar refractivity (Wildman–Crippen MR) is 101 cm³/mol. The number of hydrogen-bond donors (Lipinski definition) is 1. The second-order valence-corrected chi connectivity index (χ2v) is 7.28. The van der Waals surface area contributed by atoms with E-state index in [2.05, 4.69) is 20.1 Å². The number of anilines is 1. The Labute approximate surface area is 163 Å². The molecule has 1 aromatic carbocycles. The molecule has 3 rings (SSSR count). The van der Waals surface area contributed by atoms with Crippen molar-refractivity contribution in [2.45, 2.75) is 39.8 Å². The number of aryl methyl sites for hydroxylation is 1. The predicted octanol–water partition coefficient (Wildman–Crippen LogP) is 4.95. The van der Waals surface area contributed by atoms with Crippen molar-refractivity contribution in [2.24, 2.45) is 0 Å². The number of amides is 1. The van der Waals surface area contributed by atoms with Crippen LogP contribution >= 0.6 is 22.9 Å². The van der Waals surface area contributed by atoms with Gasteiger partial charge >= 0.3 is 6.61 Å². The van der Waals surface area contributed by atoms with Crippen LogP contribution in [0.15, 0.2) is 18.2 Å². The SMILES string of the molecule is CCC(C(=O)Nc1nc2ccc(OC(F)F)cc2s1)n1nc(C)c(Cl)c1C. The Hall–Kier alpha value is -2.26. The fourth-order valence-corrected chi connectivity index (χ4v) is 3.76. The van der Waals surface area contributed by atoms with Gasteiger partial charge < -0.3 is 10.1 Å². The van der Waals surface area contributed by atoms with Crippen LogP contribution in [0.5, 0.6) is 5.75 Å². The molecule has 0 radical (unpaired) electrons. The Kier molecular flexibility index (Phi) is 5.61. The third-order valence-electron chi connectivity index (χ3n) is 4.04. The minimum absolute atomic E-state index is 0.0442. The first kappa shape index (κ1) is 19.5. The van der Waals surface area contributed by atoms with Gasteiger partial charge in [0.25, 0.3) is 5.91 Å². The van der Waals surface area contributed by atoms with Crippen molar-refractivity contribution in [2.75, 3.05) is 5.32 Å². The quantitative estimate of drug-likeness (QED) is 0.619. The van der Waals surface area contributed by atoms with Gasteiger partial charge in [0.15, 0.2) is 5.13 Å². The van der Waals surface area contributed by atoms with E-state index in [0.29, 0.717) is 38.2 Å². The summed E-state index contributed by atoms with van der Waals surface area (Å²) in [6.07, 6.45) is 0.515. The van der Waals surface area contributed by atoms with Crippen LogP contribution < -0.4 is 10.1 Å². The maximum absolute atomic E-state index is 12.7. The zero-order chi connectivity index (χ0) is 19.7. The van der Waals surface area contributed by atoms with Gasteiger partial charge in [0.2, 0.25) is 0 Å². The van der Waals surface area contributed by atoms with Gasteiger partial charge in [-0.25, -0.2) is 4.98 Å². The number of benzene rings is 1. The van der Waals surface area contributed by atoms with Crippen LogP contribution in [0.3, 0.4) is 0 Å². The van der Waals surface area contributed by atoms with E-state index in [1.165, 1.54) is 23.5 Å². The molecule has 1 amide bonds. The summed E-state index contributed by atoms with van der Waals surface area (Å²) in [6, 6.07) is 3.90. The van der Waals surface area contributed by atoms with Gasteiger partial charge in [-0.2, -0.15) is 13.9 Å². The molecule has 144 valence electrons. The fraction of sp³-hybridized carbons (Fsp3) is 0.353. The molecular weight excluding hydrogens is 398 g/mol. The maximum atomic E-state index is 12.7. The third-order valence-corrected chi connectivity index (χ3v) is 5.52. The first-order valence-corrected chi connectivity index (χ1v) is 9.37. The van der Waals surface area contributed by atoms with E-state index in [0.717, 1.165) is 0 Å². The lowest BCUT2D eigenvalue weighted by molar-refractivity contribution is -0.119. The van der Waals surface area contributed by atoms with Crippen LogP contribution in [0, 0.1) is 13.8 Å². The molecule has 2 aromatic heterocycles. The van der Waals surface area contributed by atoms with Crippen LogP contribution in [-0.2, 0) is 4.79 Å². The molecule has 0 fully saturated rings. The molecule has 2 heterocycles. The molecule has 1 atom stereocenters. The number of carbonyl (C=O) groups excluding carboxylic acids is 1. The number of ether oxygens (including phenoxy) is 1.